The van der Waals surface area contributed by atoms with Gasteiger partial charge in [0.15, 0.2) is 0 Å². The van der Waals surface area contributed by atoms with Gasteiger partial charge in [0.25, 0.3) is 5.91 Å². The van der Waals surface area contributed by atoms with Crippen molar-refractivity contribution in [2.75, 3.05) is 5.33 Å². The summed E-state index contributed by atoms with van der Waals surface area (Å²) in [6.45, 7) is 2.26. The number of nitrogens with one attached hydrogen (secondary N) is 1. The zero-order valence-corrected chi connectivity index (χ0v) is 15.2. The van der Waals surface area contributed by atoms with Gasteiger partial charge in [-0.2, -0.15) is 0 Å². The van der Waals surface area contributed by atoms with Crippen LogP contribution in [0.5, 0.6) is 5.75 Å². The van der Waals surface area contributed by atoms with Crippen molar-refractivity contribution in [1.82, 2.24) is 5.32 Å². The molecule has 1 fully saturated rings. The average molecular weight is 452 g/mol. The van der Waals surface area contributed by atoms with Gasteiger partial charge in [0.05, 0.1) is 11.1 Å². The van der Waals surface area contributed by atoms with E-state index < -0.39 is 0 Å². The Bertz CT molecular complexity index is 499. The highest BCUT2D eigenvalue weighted by Gasteiger charge is 2.35. The van der Waals surface area contributed by atoms with Gasteiger partial charge in [-0.25, -0.2) is 0 Å². The van der Waals surface area contributed by atoms with Gasteiger partial charge in [0, 0.05) is 8.90 Å². The molecule has 0 aliphatic heterocycles. The molecule has 1 aliphatic carbocycles. The van der Waals surface area contributed by atoms with Gasteiger partial charge in [0.2, 0.25) is 0 Å². The number of phenolic OH excluding ortho intramolecular Hbond substituents is 1. The van der Waals surface area contributed by atoms with Gasteiger partial charge in [-0.1, -0.05) is 22.9 Å². The smallest absolute Gasteiger partial charge is 0.255 e. The van der Waals surface area contributed by atoms with Crippen molar-refractivity contribution < 1.29 is 9.90 Å². The predicted octanol–water partition coefficient (Wildman–Crippen LogP) is 4.07. The molecule has 110 valence electrons. The second-order valence-corrected chi connectivity index (χ2v) is 7.52. The second-order valence-electron chi connectivity index (χ2n) is 5.71. The maximum atomic E-state index is 12.4. The van der Waals surface area contributed by atoms with Gasteiger partial charge in [0.1, 0.15) is 5.75 Å². The van der Waals surface area contributed by atoms with E-state index in [1.165, 1.54) is 0 Å². The summed E-state index contributed by atoms with van der Waals surface area (Å²) in [6, 6.07) is 5.08. The summed E-state index contributed by atoms with van der Waals surface area (Å²) in [5, 5.41) is 13.7. The highest BCUT2D eigenvalue weighted by Crippen LogP contribution is 2.34. The normalized spacial score (nSPS) is 26.2. The van der Waals surface area contributed by atoms with E-state index >= 15 is 0 Å². The maximum Gasteiger partial charge on any atom is 0.255 e. The summed E-state index contributed by atoms with van der Waals surface area (Å²) in [5.74, 6) is 0.581. The number of rotatable bonds is 3. The molecular formula is C15H19BrINO2. The lowest BCUT2D eigenvalue weighted by atomic mass is 9.78. The molecule has 1 aromatic rings. The van der Waals surface area contributed by atoms with Gasteiger partial charge in [-0.15, -0.1) is 0 Å². The Morgan fingerprint density at radius 3 is 2.75 bits per heavy atom. The molecule has 1 amide bonds. The third kappa shape index (κ3) is 3.67. The summed E-state index contributed by atoms with van der Waals surface area (Å²) in [7, 11) is 0. The largest absolute Gasteiger partial charge is 0.507 e. The molecule has 5 heteroatoms. The highest BCUT2D eigenvalue weighted by molar-refractivity contribution is 14.1. The van der Waals surface area contributed by atoms with Crippen molar-refractivity contribution in [3.63, 3.8) is 0 Å². The molecule has 2 N–H and O–H groups in total. The van der Waals surface area contributed by atoms with Gasteiger partial charge < -0.3 is 10.4 Å². The molecule has 1 aromatic carbocycles. The van der Waals surface area contributed by atoms with E-state index in [9.17, 15) is 9.90 Å². The number of carbonyl (C=O) groups excluding carboxylic acids is 1. The van der Waals surface area contributed by atoms with Crippen LogP contribution in [0.2, 0.25) is 0 Å². The van der Waals surface area contributed by atoms with Crippen LogP contribution in [-0.2, 0) is 0 Å². The number of carbonyl (C=O) groups is 1. The molecule has 2 rings (SSSR count). The van der Waals surface area contributed by atoms with Crippen LogP contribution in [0.15, 0.2) is 18.2 Å². The Balaban J connectivity index is 2.15. The number of benzene rings is 1. The molecule has 0 saturated heterocycles. The third-order valence-corrected chi connectivity index (χ3v) is 5.81. The number of hydrogen-bond donors (Lipinski definition) is 2. The first-order valence-corrected chi connectivity index (χ1v) is 9.03. The number of phenols is 1. The summed E-state index contributed by atoms with van der Waals surface area (Å²) in [4.78, 5) is 12.4. The fourth-order valence-electron chi connectivity index (χ4n) is 2.61. The molecule has 1 saturated carbocycles. The van der Waals surface area contributed by atoms with Crippen LogP contribution < -0.4 is 5.32 Å². The van der Waals surface area contributed by atoms with Crippen LogP contribution in [0.1, 0.15) is 43.0 Å². The Labute approximate surface area is 141 Å². The van der Waals surface area contributed by atoms with E-state index in [-0.39, 0.29) is 17.2 Å². The van der Waals surface area contributed by atoms with Crippen molar-refractivity contribution in [3.05, 3.63) is 27.3 Å². The third-order valence-electron chi connectivity index (χ3n) is 4.07. The zero-order chi connectivity index (χ0) is 14.8. The lowest BCUT2D eigenvalue weighted by Crippen LogP contribution is -2.52. The van der Waals surface area contributed by atoms with E-state index in [0.717, 1.165) is 40.5 Å². The quantitative estimate of drug-likeness (QED) is 0.537. The fourth-order valence-corrected chi connectivity index (χ4v) is 3.80. The van der Waals surface area contributed by atoms with E-state index in [1.54, 1.807) is 18.2 Å². The molecule has 0 bridgehead atoms. The highest BCUT2D eigenvalue weighted by atomic mass is 127. The standard InChI is InChI=1S/C15H19BrINO2/c1-10-4-6-15(9-16,7-5-10)18-14(20)12-8-11(17)2-3-13(12)19/h2-3,8,10,19H,4-7,9H2,1H3,(H,18,20). The minimum absolute atomic E-state index is 0.0387. The molecule has 0 heterocycles. The van der Waals surface area contributed by atoms with Crippen LogP contribution in [0.3, 0.4) is 0 Å². The molecule has 3 nitrogen and oxygen atoms in total. The Hall–Kier alpha value is -0.300. The topological polar surface area (TPSA) is 49.3 Å². The van der Waals surface area contributed by atoms with E-state index in [2.05, 4.69) is 50.8 Å². The minimum Gasteiger partial charge on any atom is -0.507 e. The molecule has 0 spiro atoms. The first kappa shape index (κ1) is 16.1. The monoisotopic (exact) mass is 451 g/mol. The molecule has 0 radical (unpaired) electrons. The number of alkyl halides is 1. The van der Waals surface area contributed by atoms with Crippen LogP contribution in [0, 0.1) is 9.49 Å². The zero-order valence-electron chi connectivity index (χ0n) is 11.5. The molecule has 0 aromatic heterocycles. The van der Waals surface area contributed by atoms with E-state index in [0.29, 0.717) is 5.56 Å². The molecule has 20 heavy (non-hydrogen) atoms. The number of aromatic hydroxyl groups is 1. The van der Waals surface area contributed by atoms with Crippen molar-refractivity contribution in [2.45, 2.75) is 38.1 Å². The van der Waals surface area contributed by atoms with E-state index in [1.807, 2.05) is 0 Å². The summed E-state index contributed by atoms with van der Waals surface area (Å²) < 4.78 is 0.940. The van der Waals surface area contributed by atoms with Crippen LogP contribution in [-0.4, -0.2) is 21.9 Å². The molecule has 0 unspecified atom stereocenters. The number of halogens is 2. The van der Waals surface area contributed by atoms with Crippen LogP contribution in [0.4, 0.5) is 0 Å². The second kappa shape index (κ2) is 6.64. The van der Waals surface area contributed by atoms with Gasteiger partial charge in [-0.3, -0.25) is 4.79 Å². The maximum absolute atomic E-state index is 12.4. The molecule has 0 atom stereocenters. The van der Waals surface area contributed by atoms with Crippen molar-refractivity contribution in [2.24, 2.45) is 5.92 Å². The van der Waals surface area contributed by atoms with Crippen LogP contribution in [0.25, 0.3) is 0 Å². The first-order valence-electron chi connectivity index (χ1n) is 6.83. The molecule has 1 aliphatic rings. The van der Waals surface area contributed by atoms with Gasteiger partial charge >= 0.3 is 0 Å². The van der Waals surface area contributed by atoms with E-state index in [4.69, 9.17) is 0 Å². The van der Waals surface area contributed by atoms with Gasteiger partial charge in [-0.05, 0) is 72.4 Å². The SMILES string of the molecule is CC1CCC(CBr)(NC(=O)c2cc(I)ccc2O)CC1. The predicted molar refractivity (Wildman–Crippen MR) is 92.4 cm³/mol. The van der Waals surface area contributed by atoms with Crippen LogP contribution >= 0.6 is 38.5 Å². The Morgan fingerprint density at radius 1 is 1.50 bits per heavy atom. The number of amides is 1. The fraction of sp³-hybridized carbons (Fsp3) is 0.533. The average Bonchev–Trinajstić information content (AvgIpc) is 2.44. The lowest BCUT2D eigenvalue weighted by molar-refractivity contribution is 0.0871. The number of hydrogen-bond acceptors (Lipinski definition) is 2. The van der Waals surface area contributed by atoms with Crippen molar-refractivity contribution >= 4 is 44.4 Å². The summed E-state index contributed by atoms with van der Waals surface area (Å²) in [5.41, 5.74) is 0.174. The van der Waals surface area contributed by atoms with Crippen molar-refractivity contribution in [3.8, 4) is 5.75 Å². The Kier molecular flexibility index (Phi) is 5.34. The minimum atomic E-state index is -0.185. The summed E-state index contributed by atoms with van der Waals surface area (Å²) in [6.07, 6.45) is 4.22. The first-order chi connectivity index (χ1) is 9.46. The Morgan fingerprint density at radius 2 is 2.15 bits per heavy atom. The lowest BCUT2D eigenvalue weighted by Gasteiger charge is -2.39. The van der Waals surface area contributed by atoms with Crippen molar-refractivity contribution in [1.29, 1.82) is 0 Å². The summed E-state index contributed by atoms with van der Waals surface area (Å²) >= 11 is 5.68. The molecular weight excluding hydrogens is 433 g/mol.